The Morgan fingerprint density at radius 1 is 1.48 bits per heavy atom. The van der Waals surface area contributed by atoms with Crippen LogP contribution in [0.15, 0.2) is 36.4 Å². The maximum atomic E-state index is 11.6. The predicted octanol–water partition coefficient (Wildman–Crippen LogP) is 2.47. The van der Waals surface area contributed by atoms with Crippen LogP contribution in [0.4, 0.5) is 0 Å². The van der Waals surface area contributed by atoms with Gasteiger partial charge >= 0.3 is 0 Å². The lowest BCUT2D eigenvalue weighted by atomic mass is 10.1. The molecule has 2 heterocycles. The van der Waals surface area contributed by atoms with Gasteiger partial charge in [-0.3, -0.25) is 9.69 Å². The van der Waals surface area contributed by atoms with Crippen LogP contribution in [0.25, 0.3) is 11.0 Å². The number of hydrogen-bond donors (Lipinski definition) is 2. The normalized spacial score (nSPS) is 18.9. The van der Waals surface area contributed by atoms with Gasteiger partial charge in [-0.1, -0.05) is 24.3 Å². The van der Waals surface area contributed by atoms with Gasteiger partial charge in [-0.25, -0.2) is 4.98 Å². The number of allylic oxidation sites excluding steroid dienone is 1. The number of para-hydroxylation sites is 2. The number of imidazole rings is 1. The molecule has 2 N–H and O–H groups in total. The van der Waals surface area contributed by atoms with Crippen LogP contribution >= 0.6 is 0 Å². The van der Waals surface area contributed by atoms with Crippen LogP contribution in [-0.2, 0) is 11.3 Å². The van der Waals surface area contributed by atoms with Crippen molar-refractivity contribution in [2.45, 2.75) is 26.3 Å². The van der Waals surface area contributed by atoms with Crippen molar-refractivity contribution in [3.8, 4) is 0 Å². The number of hydrogen-bond acceptors (Lipinski definition) is 3. The fourth-order valence-electron chi connectivity index (χ4n) is 3.07. The van der Waals surface area contributed by atoms with Gasteiger partial charge in [-0.05, 0) is 37.9 Å². The summed E-state index contributed by atoms with van der Waals surface area (Å²) < 4.78 is 0. The first-order valence-electron chi connectivity index (χ1n) is 8.28. The molecule has 1 fully saturated rings. The average molecular weight is 312 g/mol. The number of rotatable bonds is 6. The third-order valence-corrected chi connectivity index (χ3v) is 4.31. The molecule has 23 heavy (non-hydrogen) atoms. The fourth-order valence-corrected chi connectivity index (χ4v) is 3.07. The molecule has 0 radical (unpaired) electrons. The van der Waals surface area contributed by atoms with E-state index in [0.717, 1.165) is 49.5 Å². The molecule has 1 aromatic carbocycles. The zero-order valence-corrected chi connectivity index (χ0v) is 13.6. The van der Waals surface area contributed by atoms with Gasteiger partial charge in [-0.2, -0.15) is 0 Å². The lowest BCUT2D eigenvalue weighted by Gasteiger charge is -2.14. The molecule has 1 amide bonds. The Bertz CT molecular complexity index is 658. The van der Waals surface area contributed by atoms with E-state index in [1.54, 1.807) is 0 Å². The van der Waals surface area contributed by atoms with E-state index in [-0.39, 0.29) is 5.91 Å². The number of benzene rings is 1. The van der Waals surface area contributed by atoms with Crippen LogP contribution < -0.4 is 5.32 Å². The molecule has 1 aromatic heterocycles. The quantitative estimate of drug-likeness (QED) is 0.806. The van der Waals surface area contributed by atoms with Gasteiger partial charge in [0.2, 0.25) is 5.91 Å². The van der Waals surface area contributed by atoms with Crippen LogP contribution in [0.2, 0.25) is 0 Å². The third kappa shape index (κ3) is 4.20. The molecule has 122 valence electrons. The summed E-state index contributed by atoms with van der Waals surface area (Å²) in [5, 5.41) is 3.03. The van der Waals surface area contributed by atoms with Crippen molar-refractivity contribution in [1.29, 1.82) is 0 Å². The second kappa shape index (κ2) is 7.42. The highest BCUT2D eigenvalue weighted by atomic mass is 16.1. The van der Waals surface area contributed by atoms with Gasteiger partial charge in [-0.15, -0.1) is 0 Å². The monoisotopic (exact) mass is 312 g/mol. The minimum atomic E-state index is 0.110. The van der Waals surface area contributed by atoms with Gasteiger partial charge in [0.25, 0.3) is 0 Å². The summed E-state index contributed by atoms with van der Waals surface area (Å²) in [6, 6.07) is 8.11. The van der Waals surface area contributed by atoms with Crippen molar-refractivity contribution in [3.63, 3.8) is 0 Å². The van der Waals surface area contributed by atoms with E-state index in [2.05, 4.69) is 26.3 Å². The molecule has 2 aromatic rings. The molecule has 5 heteroatoms. The molecule has 0 unspecified atom stereocenters. The van der Waals surface area contributed by atoms with Crippen LogP contribution in [0, 0.1) is 5.92 Å². The van der Waals surface area contributed by atoms with E-state index in [0.29, 0.717) is 12.3 Å². The topological polar surface area (TPSA) is 61.0 Å². The van der Waals surface area contributed by atoms with E-state index in [1.165, 1.54) is 0 Å². The number of carbonyl (C=O) groups excluding carboxylic acids is 1. The zero-order chi connectivity index (χ0) is 16.1. The predicted molar refractivity (Wildman–Crippen MR) is 91.9 cm³/mol. The maximum Gasteiger partial charge on any atom is 0.223 e. The Morgan fingerprint density at radius 3 is 3.17 bits per heavy atom. The van der Waals surface area contributed by atoms with E-state index >= 15 is 0 Å². The first-order chi connectivity index (χ1) is 11.2. The number of aromatic nitrogens is 2. The smallest absolute Gasteiger partial charge is 0.223 e. The van der Waals surface area contributed by atoms with Crippen LogP contribution in [0.3, 0.4) is 0 Å². The number of aromatic amines is 1. The molecule has 0 aliphatic carbocycles. The number of likely N-dealkylation sites (tertiary alicyclic amines) is 1. The van der Waals surface area contributed by atoms with E-state index < -0.39 is 0 Å². The van der Waals surface area contributed by atoms with Gasteiger partial charge in [0.05, 0.1) is 17.6 Å². The fraction of sp³-hybridized carbons (Fsp3) is 0.444. The van der Waals surface area contributed by atoms with Crippen LogP contribution in [0.5, 0.6) is 0 Å². The lowest BCUT2D eigenvalue weighted by Crippen LogP contribution is -2.30. The molecule has 3 rings (SSSR count). The highest BCUT2D eigenvalue weighted by Gasteiger charge is 2.23. The minimum absolute atomic E-state index is 0.110. The molecular weight excluding hydrogens is 288 g/mol. The highest BCUT2D eigenvalue weighted by Crippen LogP contribution is 2.18. The molecule has 1 saturated heterocycles. The van der Waals surface area contributed by atoms with Crippen molar-refractivity contribution in [3.05, 3.63) is 42.2 Å². The Kier molecular flexibility index (Phi) is 5.08. The summed E-state index contributed by atoms with van der Waals surface area (Å²) in [5.74, 6) is 1.66. The SMILES string of the molecule is C/C=C/CC(=O)NC[C@@H]1CCN(Cc2nc3ccccc3[nH]2)C1. The Balaban J connectivity index is 1.47. The largest absolute Gasteiger partial charge is 0.356 e. The van der Waals surface area contributed by atoms with Gasteiger partial charge in [0, 0.05) is 19.5 Å². The second-order valence-electron chi connectivity index (χ2n) is 6.17. The zero-order valence-electron chi connectivity index (χ0n) is 13.6. The summed E-state index contributed by atoms with van der Waals surface area (Å²) in [6.45, 7) is 5.62. The van der Waals surface area contributed by atoms with Crippen molar-refractivity contribution in [1.82, 2.24) is 20.2 Å². The summed E-state index contributed by atoms with van der Waals surface area (Å²) in [5.41, 5.74) is 2.11. The Morgan fingerprint density at radius 2 is 2.35 bits per heavy atom. The van der Waals surface area contributed by atoms with Gasteiger partial charge in [0.15, 0.2) is 0 Å². The number of nitrogens with zero attached hydrogens (tertiary/aromatic N) is 2. The summed E-state index contributed by atoms with van der Waals surface area (Å²) in [4.78, 5) is 22.1. The summed E-state index contributed by atoms with van der Waals surface area (Å²) in [7, 11) is 0. The van der Waals surface area contributed by atoms with Crippen LogP contribution in [-0.4, -0.2) is 40.4 Å². The number of amides is 1. The molecule has 1 aliphatic rings. The summed E-state index contributed by atoms with van der Waals surface area (Å²) >= 11 is 0. The number of carbonyl (C=O) groups is 1. The molecule has 0 bridgehead atoms. The Hall–Kier alpha value is -2.14. The van der Waals surface area contributed by atoms with Crippen molar-refractivity contribution in [2.75, 3.05) is 19.6 Å². The molecular formula is C18H24N4O. The molecule has 5 nitrogen and oxygen atoms in total. The molecule has 1 aliphatic heterocycles. The summed E-state index contributed by atoms with van der Waals surface area (Å²) in [6.07, 6.45) is 5.40. The standard InChI is InChI=1S/C18H24N4O/c1-2-3-8-18(23)19-11-14-9-10-22(12-14)13-17-20-15-6-4-5-7-16(15)21-17/h2-7,14H,8-13H2,1H3,(H,19,23)(H,20,21)/b3-2+/t14-/m0/s1. The van der Waals surface area contributed by atoms with Gasteiger partial charge < -0.3 is 10.3 Å². The van der Waals surface area contributed by atoms with Crippen molar-refractivity contribution < 1.29 is 4.79 Å². The maximum absolute atomic E-state index is 11.6. The second-order valence-corrected chi connectivity index (χ2v) is 6.17. The number of H-pyrrole nitrogens is 1. The third-order valence-electron chi connectivity index (χ3n) is 4.31. The first kappa shape index (κ1) is 15.7. The molecule has 0 spiro atoms. The van der Waals surface area contributed by atoms with E-state index in [4.69, 9.17) is 0 Å². The first-order valence-corrected chi connectivity index (χ1v) is 8.28. The van der Waals surface area contributed by atoms with Gasteiger partial charge in [0.1, 0.15) is 5.82 Å². The lowest BCUT2D eigenvalue weighted by molar-refractivity contribution is -0.120. The minimum Gasteiger partial charge on any atom is -0.356 e. The Labute approximate surface area is 136 Å². The highest BCUT2D eigenvalue weighted by molar-refractivity contribution is 5.77. The molecule has 1 atom stereocenters. The molecule has 0 saturated carbocycles. The van der Waals surface area contributed by atoms with E-state index in [9.17, 15) is 4.79 Å². The number of nitrogens with one attached hydrogen (secondary N) is 2. The van der Waals surface area contributed by atoms with E-state index in [1.807, 2.05) is 37.3 Å². The van der Waals surface area contributed by atoms with Crippen LogP contribution in [0.1, 0.15) is 25.6 Å². The average Bonchev–Trinajstić information content (AvgIpc) is 3.17. The van der Waals surface area contributed by atoms with Crippen molar-refractivity contribution in [2.24, 2.45) is 5.92 Å². The van der Waals surface area contributed by atoms with Crippen molar-refractivity contribution >= 4 is 16.9 Å². The number of fused-ring (bicyclic) bond motifs is 1.